The normalized spacial score (nSPS) is 13.9. The van der Waals surface area contributed by atoms with Gasteiger partial charge in [0.2, 0.25) is 5.91 Å². The summed E-state index contributed by atoms with van der Waals surface area (Å²) in [7, 11) is 0. The lowest BCUT2D eigenvalue weighted by molar-refractivity contribution is -0.137. The van der Waals surface area contributed by atoms with Crippen molar-refractivity contribution in [3.63, 3.8) is 0 Å². The zero-order chi connectivity index (χ0) is 21.5. The van der Waals surface area contributed by atoms with Gasteiger partial charge in [0.1, 0.15) is 5.75 Å². The van der Waals surface area contributed by atoms with Crippen LogP contribution in [-0.2, 0) is 14.4 Å². The van der Waals surface area contributed by atoms with Gasteiger partial charge in [-0.15, -0.1) is 11.8 Å². The zero-order valence-corrected chi connectivity index (χ0v) is 17.4. The molecule has 0 aromatic heterocycles. The van der Waals surface area contributed by atoms with E-state index in [1.54, 1.807) is 36.0 Å². The fourth-order valence-electron chi connectivity index (χ4n) is 2.90. The van der Waals surface area contributed by atoms with Crippen LogP contribution in [0.15, 0.2) is 53.4 Å². The van der Waals surface area contributed by atoms with Crippen LogP contribution in [0.1, 0.15) is 30.9 Å². The first-order chi connectivity index (χ1) is 14.4. The minimum Gasteiger partial charge on any atom is -0.484 e. The third-order valence-corrected chi connectivity index (χ3v) is 5.40. The molecule has 0 heterocycles. The highest BCUT2D eigenvalue weighted by Crippen LogP contribution is 2.30. The molecule has 2 aromatic rings. The largest absolute Gasteiger partial charge is 0.484 e. The highest BCUT2D eigenvalue weighted by atomic mass is 32.2. The highest BCUT2D eigenvalue weighted by Gasteiger charge is 2.29. The van der Waals surface area contributed by atoms with Crippen LogP contribution in [0, 0.1) is 5.92 Å². The summed E-state index contributed by atoms with van der Waals surface area (Å²) in [6.45, 7) is -0.265. The molecule has 0 bridgehead atoms. The Morgan fingerprint density at radius 3 is 2.53 bits per heavy atom. The Morgan fingerprint density at radius 1 is 1.17 bits per heavy atom. The van der Waals surface area contributed by atoms with Crippen LogP contribution in [0.25, 0.3) is 0 Å². The van der Waals surface area contributed by atoms with Crippen molar-refractivity contribution < 1.29 is 24.2 Å². The molecule has 8 heteroatoms. The molecule has 7 nitrogen and oxygen atoms in total. The molecule has 0 aliphatic heterocycles. The van der Waals surface area contributed by atoms with E-state index >= 15 is 0 Å². The van der Waals surface area contributed by atoms with Crippen LogP contribution in [-0.4, -0.2) is 35.8 Å². The van der Waals surface area contributed by atoms with Crippen molar-refractivity contribution in [2.75, 3.05) is 18.2 Å². The first-order valence-electron chi connectivity index (χ1n) is 9.63. The number of ether oxygens (including phenoxy) is 1. The van der Waals surface area contributed by atoms with Crippen molar-refractivity contribution in [3.05, 3.63) is 54.1 Å². The summed E-state index contributed by atoms with van der Waals surface area (Å²) in [6, 6.07) is 13.6. The number of carbonyl (C=O) groups excluding carboxylic acids is 2. The summed E-state index contributed by atoms with van der Waals surface area (Å²) in [5.74, 6) is -0.903. The van der Waals surface area contributed by atoms with Gasteiger partial charge in [0.25, 0.3) is 5.91 Å². The maximum atomic E-state index is 12.4. The van der Waals surface area contributed by atoms with Gasteiger partial charge in [0, 0.05) is 22.6 Å². The first kappa shape index (κ1) is 21.7. The van der Waals surface area contributed by atoms with E-state index in [0.717, 1.165) is 17.7 Å². The average molecular weight is 429 g/mol. The van der Waals surface area contributed by atoms with Crippen LogP contribution < -0.4 is 15.4 Å². The van der Waals surface area contributed by atoms with Gasteiger partial charge in [-0.2, -0.15) is 0 Å². The summed E-state index contributed by atoms with van der Waals surface area (Å²) >= 11 is 1.58. The van der Waals surface area contributed by atoms with E-state index in [2.05, 4.69) is 10.6 Å². The number of anilines is 1. The minimum atomic E-state index is -1.01. The van der Waals surface area contributed by atoms with Gasteiger partial charge in [-0.1, -0.05) is 18.2 Å². The molecule has 1 aliphatic carbocycles. The van der Waals surface area contributed by atoms with E-state index < -0.39 is 17.9 Å². The third-order valence-electron chi connectivity index (χ3n) is 4.65. The molecule has 2 aromatic carbocycles. The van der Waals surface area contributed by atoms with Gasteiger partial charge in [0.15, 0.2) is 6.61 Å². The number of hydrogen-bond acceptors (Lipinski definition) is 5. The summed E-state index contributed by atoms with van der Waals surface area (Å²) in [5, 5.41) is 14.7. The number of hydrogen-bond donors (Lipinski definition) is 3. The zero-order valence-electron chi connectivity index (χ0n) is 16.6. The second-order valence-corrected chi connectivity index (χ2v) is 7.95. The molecule has 1 atom stereocenters. The monoisotopic (exact) mass is 428 g/mol. The molecule has 0 spiro atoms. The van der Waals surface area contributed by atoms with E-state index in [-0.39, 0.29) is 24.9 Å². The Balaban J connectivity index is 1.57. The average Bonchev–Trinajstić information content (AvgIpc) is 3.57. The van der Waals surface area contributed by atoms with E-state index in [1.165, 1.54) is 0 Å². The van der Waals surface area contributed by atoms with Crippen LogP contribution in [0.5, 0.6) is 5.75 Å². The summed E-state index contributed by atoms with van der Waals surface area (Å²) in [6.07, 6.45) is 3.56. The number of carboxylic acid groups (broad SMARTS) is 1. The Morgan fingerprint density at radius 2 is 1.90 bits per heavy atom. The Bertz CT molecular complexity index is 912. The van der Waals surface area contributed by atoms with Crippen LogP contribution in [0.3, 0.4) is 0 Å². The van der Waals surface area contributed by atoms with E-state index in [9.17, 15) is 19.5 Å². The van der Waals surface area contributed by atoms with E-state index in [1.807, 2.05) is 30.5 Å². The summed E-state index contributed by atoms with van der Waals surface area (Å²) in [5.41, 5.74) is 1.33. The Hall–Kier alpha value is -3.00. The van der Waals surface area contributed by atoms with Crippen molar-refractivity contribution in [1.29, 1.82) is 0 Å². The van der Waals surface area contributed by atoms with Crippen molar-refractivity contribution in [1.82, 2.24) is 5.32 Å². The smallest absolute Gasteiger partial charge is 0.305 e. The Labute approximate surface area is 179 Å². The number of aliphatic carboxylic acids is 1. The molecule has 30 heavy (non-hydrogen) atoms. The topological polar surface area (TPSA) is 105 Å². The van der Waals surface area contributed by atoms with Crippen molar-refractivity contribution >= 4 is 35.2 Å². The molecule has 1 aliphatic rings. The SMILES string of the molecule is CSc1ccc([C@H](CC(=O)O)NC(=O)COc2cccc(NC(=O)C3CC3)c2)cc1. The van der Waals surface area contributed by atoms with Gasteiger partial charge in [-0.25, -0.2) is 0 Å². The predicted molar refractivity (Wildman–Crippen MR) is 115 cm³/mol. The number of carboxylic acids is 1. The van der Waals surface area contributed by atoms with Gasteiger partial charge in [0.05, 0.1) is 12.5 Å². The maximum Gasteiger partial charge on any atom is 0.305 e. The minimum absolute atomic E-state index is 0.00565. The van der Waals surface area contributed by atoms with E-state index in [0.29, 0.717) is 17.0 Å². The van der Waals surface area contributed by atoms with Crippen molar-refractivity contribution in [2.24, 2.45) is 5.92 Å². The number of thioether (sulfide) groups is 1. The quantitative estimate of drug-likeness (QED) is 0.501. The third kappa shape index (κ3) is 6.52. The number of carbonyl (C=O) groups is 3. The molecule has 3 N–H and O–H groups in total. The highest BCUT2D eigenvalue weighted by molar-refractivity contribution is 7.98. The molecular formula is C22H24N2O5S. The lowest BCUT2D eigenvalue weighted by Crippen LogP contribution is -2.33. The number of amides is 2. The van der Waals surface area contributed by atoms with Crippen LogP contribution >= 0.6 is 11.8 Å². The lowest BCUT2D eigenvalue weighted by Gasteiger charge is -2.18. The standard InChI is InChI=1S/C22H24N2O5S/c1-30-18-9-7-14(8-10-18)19(12-21(26)27)24-20(25)13-29-17-4-2-3-16(11-17)23-22(28)15-5-6-15/h2-4,7-11,15,19H,5-6,12-13H2,1H3,(H,23,28)(H,24,25)(H,26,27)/t19-/m0/s1. The van der Waals surface area contributed by atoms with Crippen LogP contribution in [0.4, 0.5) is 5.69 Å². The molecule has 0 radical (unpaired) electrons. The lowest BCUT2D eigenvalue weighted by atomic mass is 10.0. The second-order valence-electron chi connectivity index (χ2n) is 7.07. The molecule has 0 unspecified atom stereocenters. The van der Waals surface area contributed by atoms with Crippen molar-refractivity contribution in [2.45, 2.75) is 30.2 Å². The van der Waals surface area contributed by atoms with Gasteiger partial charge in [-0.3, -0.25) is 14.4 Å². The van der Waals surface area contributed by atoms with Gasteiger partial charge >= 0.3 is 5.97 Å². The second kappa shape index (κ2) is 10.2. The number of nitrogens with one attached hydrogen (secondary N) is 2. The molecule has 0 saturated heterocycles. The van der Waals surface area contributed by atoms with Gasteiger partial charge in [-0.05, 0) is 48.9 Å². The molecule has 3 rings (SSSR count). The Kier molecular flexibility index (Phi) is 7.35. The fraction of sp³-hybridized carbons (Fsp3) is 0.318. The predicted octanol–water partition coefficient (Wildman–Crippen LogP) is 3.47. The molecule has 158 valence electrons. The number of benzene rings is 2. The molecule has 2 amide bonds. The molecule has 1 fully saturated rings. The van der Waals surface area contributed by atoms with Gasteiger partial charge < -0.3 is 20.5 Å². The summed E-state index contributed by atoms with van der Waals surface area (Å²) < 4.78 is 5.53. The fourth-order valence-corrected chi connectivity index (χ4v) is 3.31. The van der Waals surface area contributed by atoms with E-state index in [4.69, 9.17) is 4.74 Å². The number of rotatable bonds is 10. The molecule has 1 saturated carbocycles. The van der Waals surface area contributed by atoms with Crippen LogP contribution in [0.2, 0.25) is 0 Å². The summed E-state index contributed by atoms with van der Waals surface area (Å²) in [4.78, 5) is 36.5. The molecular weight excluding hydrogens is 404 g/mol. The maximum absolute atomic E-state index is 12.4. The first-order valence-corrected chi connectivity index (χ1v) is 10.9. The van der Waals surface area contributed by atoms with Crippen molar-refractivity contribution in [3.8, 4) is 5.75 Å².